The van der Waals surface area contributed by atoms with Crippen LogP contribution in [0.4, 0.5) is 13.2 Å². The lowest BCUT2D eigenvalue weighted by atomic mass is 10.2. The number of nitrogens with one attached hydrogen (secondary N) is 1. The van der Waals surface area contributed by atoms with E-state index in [4.69, 9.17) is 4.74 Å². The van der Waals surface area contributed by atoms with Crippen LogP contribution in [0.3, 0.4) is 0 Å². The Balaban J connectivity index is 2.02. The van der Waals surface area contributed by atoms with Gasteiger partial charge in [0.05, 0.1) is 5.56 Å². The summed E-state index contributed by atoms with van der Waals surface area (Å²) in [6.45, 7) is 3.48. The van der Waals surface area contributed by atoms with Gasteiger partial charge >= 0.3 is 6.18 Å². The van der Waals surface area contributed by atoms with Crippen LogP contribution in [0, 0.1) is 0 Å². The first-order chi connectivity index (χ1) is 9.99. The number of rotatable bonds is 6. The van der Waals surface area contributed by atoms with Gasteiger partial charge in [0, 0.05) is 6.54 Å². The van der Waals surface area contributed by atoms with Gasteiger partial charge in [-0.25, -0.2) is 0 Å². The molecule has 1 aromatic carbocycles. The number of nitrogens with zero attached hydrogens (tertiary/aromatic N) is 2. The summed E-state index contributed by atoms with van der Waals surface area (Å²) in [5.74, 6) is 0.0917. The van der Waals surface area contributed by atoms with Gasteiger partial charge in [-0.3, -0.25) is 0 Å². The lowest BCUT2D eigenvalue weighted by Crippen LogP contribution is -2.13. The van der Waals surface area contributed by atoms with Crippen LogP contribution < -0.4 is 10.1 Å². The van der Waals surface area contributed by atoms with E-state index in [9.17, 15) is 13.2 Å². The van der Waals surface area contributed by atoms with Gasteiger partial charge in [0.15, 0.2) is 0 Å². The van der Waals surface area contributed by atoms with Crippen LogP contribution in [-0.2, 0) is 12.7 Å². The zero-order valence-corrected chi connectivity index (χ0v) is 12.1. The SMILES string of the molecule is CCCNCc1nnc(Oc2cccc(C(F)(F)F)c2)s1. The van der Waals surface area contributed by atoms with Crippen molar-refractivity contribution < 1.29 is 17.9 Å². The molecule has 0 amide bonds. The number of ether oxygens (including phenoxy) is 1. The molecule has 1 heterocycles. The molecule has 8 heteroatoms. The fourth-order valence-corrected chi connectivity index (χ4v) is 2.24. The number of benzene rings is 1. The molecule has 2 aromatic rings. The van der Waals surface area contributed by atoms with Gasteiger partial charge in [-0.05, 0) is 31.2 Å². The standard InChI is InChI=1S/C13H14F3N3OS/c1-2-6-17-8-11-18-19-12(21-11)20-10-5-3-4-9(7-10)13(14,15)16/h3-5,7,17H,2,6,8H2,1H3. The first-order valence-electron chi connectivity index (χ1n) is 6.37. The number of hydrogen-bond donors (Lipinski definition) is 1. The average Bonchev–Trinajstić information content (AvgIpc) is 2.86. The van der Waals surface area contributed by atoms with Gasteiger partial charge < -0.3 is 10.1 Å². The molecule has 0 unspecified atom stereocenters. The summed E-state index contributed by atoms with van der Waals surface area (Å²) in [5, 5.41) is 11.8. The van der Waals surface area contributed by atoms with E-state index in [1.807, 2.05) is 0 Å². The van der Waals surface area contributed by atoms with Crippen LogP contribution in [0.2, 0.25) is 0 Å². The fraction of sp³-hybridized carbons (Fsp3) is 0.385. The summed E-state index contributed by atoms with van der Waals surface area (Å²) in [6.07, 6.45) is -3.39. The molecular formula is C13H14F3N3OS. The van der Waals surface area contributed by atoms with Crippen molar-refractivity contribution in [2.75, 3.05) is 6.54 Å². The molecule has 0 fully saturated rings. The minimum atomic E-state index is -4.39. The first kappa shape index (κ1) is 15.7. The van der Waals surface area contributed by atoms with E-state index in [2.05, 4.69) is 22.4 Å². The highest BCUT2D eigenvalue weighted by Crippen LogP contribution is 2.33. The second-order valence-electron chi connectivity index (χ2n) is 4.27. The molecule has 0 bridgehead atoms. The molecule has 2 rings (SSSR count). The Labute approximate surface area is 124 Å². The lowest BCUT2D eigenvalue weighted by Gasteiger charge is -2.07. The van der Waals surface area contributed by atoms with Gasteiger partial charge in [0.25, 0.3) is 5.19 Å². The predicted octanol–water partition coefficient (Wildman–Crippen LogP) is 3.85. The predicted molar refractivity (Wildman–Crippen MR) is 73.4 cm³/mol. The molecular weight excluding hydrogens is 303 g/mol. The Morgan fingerprint density at radius 3 is 2.81 bits per heavy atom. The summed E-state index contributed by atoms with van der Waals surface area (Å²) < 4.78 is 43.1. The van der Waals surface area contributed by atoms with Crippen molar-refractivity contribution >= 4 is 11.3 Å². The van der Waals surface area contributed by atoms with Crippen molar-refractivity contribution in [2.24, 2.45) is 0 Å². The molecule has 0 atom stereocenters. The summed E-state index contributed by atoms with van der Waals surface area (Å²) in [6, 6.07) is 4.68. The molecule has 1 N–H and O–H groups in total. The van der Waals surface area contributed by atoms with Gasteiger partial charge in [-0.1, -0.05) is 29.4 Å². The van der Waals surface area contributed by atoms with Crippen LogP contribution in [0.15, 0.2) is 24.3 Å². The molecule has 0 spiro atoms. The molecule has 0 radical (unpaired) electrons. The quantitative estimate of drug-likeness (QED) is 0.822. The van der Waals surface area contributed by atoms with Gasteiger partial charge in [0.2, 0.25) is 0 Å². The van der Waals surface area contributed by atoms with Crippen molar-refractivity contribution in [2.45, 2.75) is 26.1 Å². The summed E-state index contributed by atoms with van der Waals surface area (Å²) >= 11 is 1.20. The molecule has 114 valence electrons. The zero-order valence-electron chi connectivity index (χ0n) is 11.3. The van der Waals surface area contributed by atoms with Crippen molar-refractivity contribution in [3.05, 3.63) is 34.8 Å². The molecule has 21 heavy (non-hydrogen) atoms. The van der Waals surface area contributed by atoms with Gasteiger partial charge in [0.1, 0.15) is 10.8 Å². The molecule has 0 saturated heterocycles. The Bertz CT molecular complexity index is 586. The first-order valence-corrected chi connectivity index (χ1v) is 7.19. The van der Waals surface area contributed by atoms with Crippen molar-refractivity contribution in [1.82, 2.24) is 15.5 Å². The minimum absolute atomic E-state index is 0.0917. The third-order valence-electron chi connectivity index (χ3n) is 2.52. The van der Waals surface area contributed by atoms with E-state index >= 15 is 0 Å². The van der Waals surface area contributed by atoms with E-state index in [0.717, 1.165) is 30.1 Å². The number of halogens is 3. The third-order valence-corrected chi connectivity index (χ3v) is 3.32. The maximum absolute atomic E-state index is 12.6. The molecule has 0 aliphatic heterocycles. The van der Waals surface area contributed by atoms with Crippen molar-refractivity contribution in [3.8, 4) is 10.9 Å². The zero-order chi connectivity index (χ0) is 15.3. The molecule has 0 aliphatic carbocycles. The topological polar surface area (TPSA) is 47.0 Å². The average molecular weight is 317 g/mol. The monoisotopic (exact) mass is 317 g/mol. The van der Waals surface area contributed by atoms with Crippen LogP contribution >= 0.6 is 11.3 Å². The third kappa shape index (κ3) is 4.68. The van der Waals surface area contributed by atoms with E-state index in [0.29, 0.717) is 6.54 Å². The van der Waals surface area contributed by atoms with Crippen LogP contribution in [0.25, 0.3) is 0 Å². The Kier molecular flexibility index (Phi) is 5.13. The number of hydrogen-bond acceptors (Lipinski definition) is 5. The highest BCUT2D eigenvalue weighted by molar-refractivity contribution is 7.13. The van der Waals surface area contributed by atoms with Crippen LogP contribution in [0.5, 0.6) is 10.9 Å². The Morgan fingerprint density at radius 1 is 1.29 bits per heavy atom. The van der Waals surface area contributed by atoms with Gasteiger partial charge in [-0.15, -0.1) is 5.10 Å². The molecule has 1 aromatic heterocycles. The maximum atomic E-state index is 12.6. The normalized spacial score (nSPS) is 11.6. The fourth-order valence-electron chi connectivity index (χ4n) is 1.56. The second kappa shape index (κ2) is 6.86. The molecule has 0 saturated carbocycles. The Hall–Kier alpha value is -1.67. The summed E-state index contributed by atoms with van der Waals surface area (Å²) in [5.41, 5.74) is -0.755. The van der Waals surface area contributed by atoms with Gasteiger partial charge in [-0.2, -0.15) is 13.2 Å². The summed E-state index contributed by atoms with van der Waals surface area (Å²) in [7, 11) is 0. The molecule has 4 nitrogen and oxygen atoms in total. The largest absolute Gasteiger partial charge is 0.430 e. The second-order valence-corrected chi connectivity index (χ2v) is 5.29. The van der Waals surface area contributed by atoms with E-state index in [1.165, 1.54) is 23.5 Å². The van der Waals surface area contributed by atoms with E-state index in [1.54, 1.807) is 0 Å². The number of alkyl halides is 3. The lowest BCUT2D eigenvalue weighted by molar-refractivity contribution is -0.137. The van der Waals surface area contributed by atoms with E-state index in [-0.39, 0.29) is 10.9 Å². The summed E-state index contributed by atoms with van der Waals surface area (Å²) in [4.78, 5) is 0. The van der Waals surface area contributed by atoms with Crippen molar-refractivity contribution in [3.63, 3.8) is 0 Å². The maximum Gasteiger partial charge on any atom is 0.416 e. The minimum Gasteiger partial charge on any atom is -0.430 e. The van der Waals surface area contributed by atoms with Crippen molar-refractivity contribution in [1.29, 1.82) is 0 Å². The smallest absolute Gasteiger partial charge is 0.416 e. The highest BCUT2D eigenvalue weighted by Gasteiger charge is 2.30. The van der Waals surface area contributed by atoms with Crippen LogP contribution in [-0.4, -0.2) is 16.7 Å². The van der Waals surface area contributed by atoms with E-state index < -0.39 is 11.7 Å². The highest BCUT2D eigenvalue weighted by atomic mass is 32.1. The molecule has 0 aliphatic rings. The Morgan fingerprint density at radius 2 is 2.10 bits per heavy atom. The number of aromatic nitrogens is 2. The van der Waals surface area contributed by atoms with Crippen LogP contribution in [0.1, 0.15) is 23.9 Å².